The number of aryl methyl sites for hydroxylation is 2. The van der Waals surface area contributed by atoms with Crippen LogP contribution >= 0.6 is 0 Å². The first kappa shape index (κ1) is 22.7. The van der Waals surface area contributed by atoms with Gasteiger partial charge in [0.05, 0.1) is 18.1 Å². The Hall–Kier alpha value is -4.46. The quantitative estimate of drug-likeness (QED) is 0.374. The molecule has 0 spiro atoms. The topological polar surface area (TPSA) is 122 Å². The van der Waals surface area contributed by atoms with Crippen molar-refractivity contribution in [2.75, 3.05) is 6.54 Å². The van der Waals surface area contributed by atoms with E-state index in [0.29, 0.717) is 35.0 Å². The van der Waals surface area contributed by atoms with Gasteiger partial charge >= 0.3 is 5.97 Å². The summed E-state index contributed by atoms with van der Waals surface area (Å²) >= 11 is 0. The zero-order chi connectivity index (χ0) is 24.1. The van der Waals surface area contributed by atoms with Crippen LogP contribution in [0.1, 0.15) is 22.5 Å². The smallest absolute Gasteiger partial charge is 0.305 e. The van der Waals surface area contributed by atoms with Crippen molar-refractivity contribution in [1.29, 1.82) is 0 Å². The lowest BCUT2D eigenvalue weighted by molar-refractivity contribution is -0.136. The molecule has 172 valence electrons. The number of benzene rings is 2. The lowest BCUT2D eigenvalue weighted by atomic mass is 10.0. The van der Waals surface area contributed by atoms with Crippen molar-refractivity contribution in [1.82, 2.24) is 14.9 Å². The summed E-state index contributed by atoms with van der Waals surface area (Å²) in [4.78, 5) is 40.8. The maximum absolute atomic E-state index is 13.5. The summed E-state index contributed by atoms with van der Waals surface area (Å²) in [5.41, 5.74) is 2.07. The Balaban J connectivity index is 1.81. The van der Waals surface area contributed by atoms with E-state index in [1.807, 2.05) is 60.7 Å². The van der Waals surface area contributed by atoms with E-state index in [-0.39, 0.29) is 30.0 Å². The number of amides is 1. The SMILES string of the molecule is O=C(O)CCNC(=O)c1ncc2c(cc(-c3ccccc3)c(=O)n2CCc2ccccc2)c1O. The normalized spacial score (nSPS) is 10.8. The van der Waals surface area contributed by atoms with Crippen molar-refractivity contribution in [2.45, 2.75) is 19.4 Å². The lowest BCUT2D eigenvalue weighted by Gasteiger charge is -2.15. The number of hydrogen-bond donors (Lipinski definition) is 3. The fourth-order valence-electron chi connectivity index (χ4n) is 3.79. The fourth-order valence-corrected chi connectivity index (χ4v) is 3.79. The fraction of sp³-hybridized carbons (Fsp3) is 0.154. The molecular formula is C26H23N3O5. The molecule has 0 unspecified atom stereocenters. The molecule has 0 aliphatic carbocycles. The average molecular weight is 457 g/mol. The highest BCUT2D eigenvalue weighted by Gasteiger charge is 2.20. The van der Waals surface area contributed by atoms with E-state index in [1.54, 1.807) is 10.6 Å². The van der Waals surface area contributed by atoms with Crippen LogP contribution in [-0.4, -0.2) is 38.2 Å². The molecule has 0 radical (unpaired) electrons. The van der Waals surface area contributed by atoms with Gasteiger partial charge in [-0.25, -0.2) is 4.98 Å². The predicted molar refractivity (Wildman–Crippen MR) is 128 cm³/mol. The third kappa shape index (κ3) is 4.80. The number of aliphatic carboxylic acids is 1. The Labute approximate surface area is 195 Å². The minimum absolute atomic E-state index is 0.0981. The third-order valence-corrected chi connectivity index (χ3v) is 5.52. The van der Waals surface area contributed by atoms with Gasteiger partial charge in [0.2, 0.25) is 0 Å². The highest BCUT2D eigenvalue weighted by Crippen LogP contribution is 2.29. The third-order valence-electron chi connectivity index (χ3n) is 5.52. The molecule has 0 aliphatic rings. The Morgan fingerprint density at radius 3 is 2.35 bits per heavy atom. The minimum atomic E-state index is -1.05. The van der Waals surface area contributed by atoms with Gasteiger partial charge in [-0.05, 0) is 23.6 Å². The number of hydrogen-bond acceptors (Lipinski definition) is 5. The first-order chi connectivity index (χ1) is 16.5. The predicted octanol–water partition coefficient (Wildman–Crippen LogP) is 3.22. The first-order valence-electron chi connectivity index (χ1n) is 10.8. The van der Waals surface area contributed by atoms with Crippen LogP contribution in [0.25, 0.3) is 22.0 Å². The van der Waals surface area contributed by atoms with Crippen molar-refractivity contribution < 1.29 is 19.8 Å². The minimum Gasteiger partial charge on any atom is -0.505 e. The standard InChI is InChI=1S/C26H23N3O5/c30-22(31)11-13-27-25(33)23-24(32)20-15-19(18-9-5-2-6-10-18)26(34)29(21(20)16-28-23)14-12-17-7-3-1-4-8-17/h1-10,15-16,32H,11-14H2,(H,27,33)(H,30,31). The van der Waals surface area contributed by atoms with Crippen LogP contribution in [0.5, 0.6) is 5.75 Å². The number of carboxylic acid groups (broad SMARTS) is 1. The van der Waals surface area contributed by atoms with E-state index in [1.165, 1.54) is 6.20 Å². The van der Waals surface area contributed by atoms with Gasteiger partial charge in [-0.1, -0.05) is 60.7 Å². The number of aromatic nitrogens is 2. The molecule has 0 fully saturated rings. The molecule has 2 aromatic carbocycles. The summed E-state index contributed by atoms with van der Waals surface area (Å²) in [6, 6.07) is 20.4. The van der Waals surface area contributed by atoms with Crippen LogP contribution < -0.4 is 10.9 Å². The maximum atomic E-state index is 13.5. The molecule has 3 N–H and O–H groups in total. The van der Waals surface area contributed by atoms with Crippen LogP contribution in [0.15, 0.2) is 77.7 Å². The largest absolute Gasteiger partial charge is 0.505 e. The molecule has 2 heterocycles. The van der Waals surface area contributed by atoms with E-state index in [9.17, 15) is 19.5 Å². The van der Waals surface area contributed by atoms with Gasteiger partial charge in [0.1, 0.15) is 0 Å². The molecule has 8 heteroatoms. The Kier molecular flexibility index (Phi) is 6.68. The zero-order valence-corrected chi connectivity index (χ0v) is 18.3. The molecule has 0 atom stereocenters. The molecule has 1 amide bonds. The Bertz CT molecular complexity index is 1400. The number of aromatic hydroxyl groups is 1. The molecule has 0 bridgehead atoms. The Morgan fingerprint density at radius 2 is 1.68 bits per heavy atom. The molecule has 8 nitrogen and oxygen atoms in total. The maximum Gasteiger partial charge on any atom is 0.305 e. The number of pyridine rings is 2. The summed E-state index contributed by atoms with van der Waals surface area (Å²) in [5.74, 6) is -2.11. The van der Waals surface area contributed by atoms with E-state index in [2.05, 4.69) is 10.3 Å². The summed E-state index contributed by atoms with van der Waals surface area (Å²) in [6.45, 7) is 0.254. The van der Waals surface area contributed by atoms with E-state index < -0.39 is 11.9 Å². The highest BCUT2D eigenvalue weighted by molar-refractivity contribution is 6.01. The summed E-state index contributed by atoms with van der Waals surface area (Å²) in [6.07, 6.45) is 1.73. The van der Waals surface area contributed by atoms with Gasteiger partial charge in [0.15, 0.2) is 11.4 Å². The van der Waals surface area contributed by atoms with Gasteiger partial charge in [-0.3, -0.25) is 14.4 Å². The van der Waals surface area contributed by atoms with Crippen molar-refractivity contribution in [3.63, 3.8) is 0 Å². The van der Waals surface area contributed by atoms with Gasteiger partial charge in [-0.15, -0.1) is 0 Å². The van der Waals surface area contributed by atoms with Crippen LogP contribution in [0.4, 0.5) is 0 Å². The zero-order valence-electron chi connectivity index (χ0n) is 18.3. The monoisotopic (exact) mass is 457 g/mol. The first-order valence-corrected chi connectivity index (χ1v) is 10.8. The summed E-state index contributed by atoms with van der Waals surface area (Å²) in [7, 11) is 0. The molecule has 0 saturated carbocycles. The molecule has 34 heavy (non-hydrogen) atoms. The number of nitrogens with one attached hydrogen (secondary N) is 1. The van der Waals surface area contributed by atoms with Gasteiger partial charge < -0.3 is 20.1 Å². The number of fused-ring (bicyclic) bond motifs is 1. The van der Waals surface area contributed by atoms with E-state index >= 15 is 0 Å². The van der Waals surface area contributed by atoms with Crippen LogP contribution in [0.3, 0.4) is 0 Å². The Morgan fingerprint density at radius 1 is 1.00 bits per heavy atom. The second-order valence-corrected chi connectivity index (χ2v) is 7.77. The molecule has 4 rings (SSSR count). The van der Waals surface area contributed by atoms with Gasteiger partial charge in [0, 0.05) is 24.0 Å². The lowest BCUT2D eigenvalue weighted by Crippen LogP contribution is -2.27. The van der Waals surface area contributed by atoms with Crippen molar-refractivity contribution >= 4 is 22.8 Å². The van der Waals surface area contributed by atoms with Gasteiger partial charge in [-0.2, -0.15) is 0 Å². The molecule has 2 aromatic heterocycles. The van der Waals surface area contributed by atoms with Crippen LogP contribution in [0.2, 0.25) is 0 Å². The van der Waals surface area contributed by atoms with Crippen molar-refractivity contribution in [3.05, 3.63) is 94.5 Å². The van der Waals surface area contributed by atoms with Crippen molar-refractivity contribution in [3.8, 4) is 16.9 Å². The molecule has 0 aliphatic heterocycles. The number of carbonyl (C=O) groups is 2. The number of rotatable bonds is 8. The second kappa shape index (κ2) is 9.99. The number of carbonyl (C=O) groups excluding carboxylic acids is 1. The number of nitrogens with zero attached hydrogens (tertiary/aromatic N) is 2. The average Bonchev–Trinajstić information content (AvgIpc) is 2.84. The summed E-state index contributed by atoms with van der Waals surface area (Å²) < 4.78 is 1.56. The van der Waals surface area contributed by atoms with Crippen LogP contribution in [-0.2, 0) is 17.8 Å². The van der Waals surface area contributed by atoms with E-state index in [0.717, 1.165) is 5.56 Å². The highest BCUT2D eigenvalue weighted by atomic mass is 16.4. The van der Waals surface area contributed by atoms with Crippen molar-refractivity contribution in [2.24, 2.45) is 0 Å². The second-order valence-electron chi connectivity index (χ2n) is 7.77. The summed E-state index contributed by atoms with van der Waals surface area (Å²) in [5, 5.41) is 22.5. The molecular weight excluding hydrogens is 434 g/mol. The number of carboxylic acids is 1. The molecule has 4 aromatic rings. The van der Waals surface area contributed by atoms with Crippen LogP contribution in [0, 0.1) is 0 Å². The van der Waals surface area contributed by atoms with Gasteiger partial charge in [0.25, 0.3) is 11.5 Å². The van der Waals surface area contributed by atoms with E-state index in [4.69, 9.17) is 5.11 Å². The molecule has 0 saturated heterocycles.